The van der Waals surface area contributed by atoms with Gasteiger partial charge in [-0.25, -0.2) is 0 Å². The third-order valence-electron chi connectivity index (χ3n) is 1.50. The Hall–Kier alpha value is -0.570. The summed E-state index contributed by atoms with van der Waals surface area (Å²) in [7, 11) is 0. The number of rotatable bonds is 1. The third kappa shape index (κ3) is 0.591. The molecule has 1 heterocycles. The van der Waals surface area contributed by atoms with E-state index in [9.17, 15) is 4.79 Å². The molecule has 1 saturated heterocycles. The van der Waals surface area contributed by atoms with E-state index in [1.165, 1.54) is 4.90 Å². The molecule has 0 saturated carbocycles. The summed E-state index contributed by atoms with van der Waals surface area (Å²) in [6, 6.07) is 0. The molecule has 1 fully saturated rings. The van der Waals surface area contributed by atoms with Gasteiger partial charge < -0.3 is 10.0 Å². The van der Waals surface area contributed by atoms with Gasteiger partial charge in [-0.3, -0.25) is 4.79 Å². The molecule has 8 heavy (non-hydrogen) atoms. The monoisotopic (exact) mass is 114 g/mol. The van der Waals surface area contributed by atoms with E-state index in [2.05, 4.69) is 0 Å². The molecule has 1 aliphatic heterocycles. The third-order valence-corrected chi connectivity index (χ3v) is 1.50. The van der Waals surface area contributed by atoms with Crippen LogP contribution in [0.4, 0.5) is 0 Å². The Balaban J connectivity index is 2.49. The van der Waals surface area contributed by atoms with Gasteiger partial charge >= 0.3 is 6.41 Å². The lowest BCUT2D eigenvalue weighted by atomic mass is 10.0. The minimum absolute atomic E-state index is 0.635. The highest BCUT2D eigenvalue weighted by Gasteiger charge is 2.37. The zero-order valence-corrected chi connectivity index (χ0v) is 4.72. The largest absolute Gasteiger partial charge is 0.371 e. The van der Waals surface area contributed by atoms with Crippen LogP contribution in [0, 0.1) is 0 Å². The molecule has 1 radical (unpaired) electrons. The zero-order chi connectivity index (χ0) is 6.20. The SMILES string of the molecule is CC1(O)CCN1[C]=O. The first-order valence-electron chi connectivity index (χ1n) is 2.54. The first-order chi connectivity index (χ1) is 3.67. The van der Waals surface area contributed by atoms with E-state index in [4.69, 9.17) is 5.11 Å². The maximum absolute atomic E-state index is 9.84. The summed E-state index contributed by atoms with van der Waals surface area (Å²) in [4.78, 5) is 11.1. The minimum atomic E-state index is -0.901. The fraction of sp³-hybridized carbons (Fsp3) is 0.800. The molecule has 1 unspecified atom stereocenters. The number of amides is 1. The van der Waals surface area contributed by atoms with E-state index >= 15 is 0 Å². The van der Waals surface area contributed by atoms with E-state index in [0.29, 0.717) is 13.0 Å². The summed E-state index contributed by atoms with van der Waals surface area (Å²) in [5.41, 5.74) is -0.901. The van der Waals surface area contributed by atoms with Gasteiger partial charge in [0.05, 0.1) is 0 Å². The number of hydrogen-bond donors (Lipinski definition) is 1. The molecule has 0 aliphatic carbocycles. The second-order valence-electron chi connectivity index (χ2n) is 2.21. The van der Waals surface area contributed by atoms with Gasteiger partial charge in [0.15, 0.2) is 0 Å². The molecule has 0 aromatic carbocycles. The number of nitrogens with zero attached hydrogens (tertiary/aromatic N) is 1. The molecule has 1 N–H and O–H groups in total. The van der Waals surface area contributed by atoms with Gasteiger partial charge in [0, 0.05) is 13.0 Å². The Morgan fingerprint density at radius 1 is 1.88 bits per heavy atom. The topological polar surface area (TPSA) is 40.5 Å². The molecular formula is C5H8NO2. The molecule has 1 rings (SSSR count). The van der Waals surface area contributed by atoms with Crippen molar-refractivity contribution < 1.29 is 9.90 Å². The lowest BCUT2D eigenvalue weighted by Gasteiger charge is -2.42. The van der Waals surface area contributed by atoms with Crippen LogP contribution in [0.15, 0.2) is 0 Å². The van der Waals surface area contributed by atoms with Crippen LogP contribution in [-0.2, 0) is 4.79 Å². The standard InChI is InChI=1S/C5H8NO2/c1-5(8)2-3-6(5)4-7/h8H,2-3H2,1H3. The molecule has 1 atom stereocenters. The van der Waals surface area contributed by atoms with Crippen molar-refractivity contribution in [2.24, 2.45) is 0 Å². The van der Waals surface area contributed by atoms with Gasteiger partial charge in [0.1, 0.15) is 5.72 Å². The molecule has 0 aromatic heterocycles. The number of aliphatic hydroxyl groups is 1. The molecule has 1 aliphatic rings. The summed E-state index contributed by atoms with van der Waals surface area (Å²) in [5.74, 6) is 0. The predicted molar refractivity (Wildman–Crippen MR) is 27.6 cm³/mol. The molecule has 45 valence electrons. The van der Waals surface area contributed by atoms with Crippen molar-refractivity contribution in [3.05, 3.63) is 0 Å². The van der Waals surface area contributed by atoms with Crippen molar-refractivity contribution >= 4 is 6.41 Å². The zero-order valence-electron chi connectivity index (χ0n) is 4.72. The van der Waals surface area contributed by atoms with Crippen molar-refractivity contribution in [1.82, 2.24) is 4.90 Å². The van der Waals surface area contributed by atoms with Crippen LogP contribution in [-0.4, -0.2) is 28.7 Å². The molecule has 0 aromatic rings. The first kappa shape index (κ1) is 5.56. The van der Waals surface area contributed by atoms with Crippen LogP contribution in [0.25, 0.3) is 0 Å². The lowest BCUT2D eigenvalue weighted by molar-refractivity contribution is -0.125. The van der Waals surface area contributed by atoms with Gasteiger partial charge in [-0.1, -0.05) is 0 Å². The lowest BCUT2D eigenvalue weighted by Crippen LogP contribution is -2.56. The van der Waals surface area contributed by atoms with Crippen molar-refractivity contribution in [3.8, 4) is 0 Å². The van der Waals surface area contributed by atoms with E-state index in [1.54, 1.807) is 13.3 Å². The average Bonchev–Trinajstić information content (AvgIpc) is 1.66. The normalized spacial score (nSPS) is 36.5. The second kappa shape index (κ2) is 1.45. The van der Waals surface area contributed by atoms with Crippen molar-refractivity contribution in [2.45, 2.75) is 19.1 Å². The second-order valence-corrected chi connectivity index (χ2v) is 2.21. The quantitative estimate of drug-likeness (QED) is 0.497. The van der Waals surface area contributed by atoms with E-state index in [-0.39, 0.29) is 0 Å². The Bertz CT molecular complexity index is 111. The number of likely N-dealkylation sites (tertiary alicyclic amines) is 1. The number of hydrogen-bond acceptors (Lipinski definition) is 2. The summed E-state index contributed by atoms with van der Waals surface area (Å²) in [5, 5.41) is 9.04. The van der Waals surface area contributed by atoms with Crippen LogP contribution in [0.2, 0.25) is 0 Å². The Kier molecular flexibility index (Phi) is 1.01. The number of carbonyl (C=O) groups excluding carboxylic acids is 1. The minimum Gasteiger partial charge on any atom is -0.371 e. The van der Waals surface area contributed by atoms with Gasteiger partial charge in [0.2, 0.25) is 0 Å². The van der Waals surface area contributed by atoms with Crippen LogP contribution < -0.4 is 0 Å². The van der Waals surface area contributed by atoms with Crippen molar-refractivity contribution in [3.63, 3.8) is 0 Å². The summed E-state index contributed by atoms with van der Waals surface area (Å²) >= 11 is 0. The van der Waals surface area contributed by atoms with Gasteiger partial charge in [0.25, 0.3) is 0 Å². The maximum atomic E-state index is 9.84. The van der Waals surface area contributed by atoms with E-state index < -0.39 is 5.72 Å². The average molecular weight is 114 g/mol. The Labute approximate surface area is 47.9 Å². The highest BCUT2D eigenvalue weighted by atomic mass is 16.3. The summed E-state index contributed by atoms with van der Waals surface area (Å²) in [6.07, 6.45) is 2.29. The highest BCUT2D eigenvalue weighted by molar-refractivity contribution is 5.50. The predicted octanol–water partition coefficient (Wildman–Crippen LogP) is -0.532. The molecular weight excluding hydrogens is 106 g/mol. The van der Waals surface area contributed by atoms with Gasteiger partial charge in [-0.05, 0) is 6.92 Å². The first-order valence-corrected chi connectivity index (χ1v) is 2.54. The fourth-order valence-electron chi connectivity index (χ4n) is 0.691. The molecule has 3 heteroatoms. The van der Waals surface area contributed by atoms with Crippen LogP contribution in [0.5, 0.6) is 0 Å². The highest BCUT2D eigenvalue weighted by Crippen LogP contribution is 2.24. The Morgan fingerprint density at radius 3 is 2.50 bits per heavy atom. The molecule has 1 amide bonds. The molecule has 0 bridgehead atoms. The summed E-state index contributed by atoms with van der Waals surface area (Å²) < 4.78 is 0. The fourth-order valence-corrected chi connectivity index (χ4v) is 0.691. The maximum Gasteiger partial charge on any atom is 0.314 e. The van der Waals surface area contributed by atoms with Gasteiger partial charge in [-0.2, -0.15) is 0 Å². The van der Waals surface area contributed by atoms with Gasteiger partial charge in [-0.15, -0.1) is 0 Å². The van der Waals surface area contributed by atoms with Crippen LogP contribution >= 0.6 is 0 Å². The van der Waals surface area contributed by atoms with Crippen molar-refractivity contribution in [1.29, 1.82) is 0 Å². The van der Waals surface area contributed by atoms with Crippen molar-refractivity contribution in [2.75, 3.05) is 6.54 Å². The Morgan fingerprint density at radius 2 is 2.50 bits per heavy atom. The van der Waals surface area contributed by atoms with Crippen LogP contribution in [0.1, 0.15) is 13.3 Å². The molecule has 3 nitrogen and oxygen atoms in total. The summed E-state index contributed by atoms with van der Waals surface area (Å²) in [6.45, 7) is 2.23. The smallest absolute Gasteiger partial charge is 0.314 e. The van der Waals surface area contributed by atoms with E-state index in [1.807, 2.05) is 0 Å². The van der Waals surface area contributed by atoms with Crippen LogP contribution in [0.3, 0.4) is 0 Å². The molecule has 0 spiro atoms. The van der Waals surface area contributed by atoms with E-state index in [0.717, 1.165) is 0 Å².